The van der Waals surface area contributed by atoms with Crippen LogP contribution < -0.4 is 0 Å². The third-order valence-corrected chi connectivity index (χ3v) is 2.38. The van der Waals surface area contributed by atoms with E-state index < -0.39 is 40.5 Å². The van der Waals surface area contributed by atoms with Gasteiger partial charge in [0.15, 0.2) is 0 Å². The van der Waals surface area contributed by atoms with Gasteiger partial charge in [0, 0.05) is 5.88 Å². The predicted molar refractivity (Wildman–Crippen MR) is 50.7 cm³/mol. The van der Waals surface area contributed by atoms with Crippen LogP contribution in [-0.2, 0) is 18.2 Å². The molecule has 8 heteroatoms. The van der Waals surface area contributed by atoms with Gasteiger partial charge in [0.1, 0.15) is 0 Å². The Morgan fingerprint density at radius 2 is 1.61 bits per heavy atom. The number of hydrogen-bond acceptors (Lipinski definition) is 1. The van der Waals surface area contributed by atoms with Gasteiger partial charge in [-0.15, -0.1) is 11.6 Å². The normalized spacial score (nSPS) is 12.3. The van der Waals surface area contributed by atoms with Crippen molar-refractivity contribution in [2.45, 2.75) is 18.2 Å². The number of rotatable bonds is 1. The van der Waals surface area contributed by atoms with Gasteiger partial charge >= 0.3 is 12.4 Å². The van der Waals surface area contributed by atoms with E-state index in [1.54, 1.807) is 0 Å². The SMILES string of the molecule is N#Cc1cc(C(F)(F)F)cc(CCl)c1C(F)(F)F. The number of nitrogens with zero attached hydrogens (tertiary/aromatic N) is 1. The van der Waals surface area contributed by atoms with Crippen molar-refractivity contribution < 1.29 is 26.3 Å². The molecule has 0 N–H and O–H groups in total. The van der Waals surface area contributed by atoms with Gasteiger partial charge in [0.2, 0.25) is 0 Å². The van der Waals surface area contributed by atoms with Crippen molar-refractivity contribution in [3.63, 3.8) is 0 Å². The maximum atomic E-state index is 12.6. The Bertz CT molecular complexity index is 497. The quantitative estimate of drug-likeness (QED) is 0.557. The van der Waals surface area contributed by atoms with E-state index in [1.807, 2.05) is 0 Å². The lowest BCUT2D eigenvalue weighted by Crippen LogP contribution is -2.15. The first-order valence-corrected chi connectivity index (χ1v) is 4.92. The highest BCUT2D eigenvalue weighted by Crippen LogP contribution is 2.39. The van der Waals surface area contributed by atoms with Gasteiger partial charge in [0.25, 0.3) is 0 Å². The third kappa shape index (κ3) is 2.88. The van der Waals surface area contributed by atoms with Crippen molar-refractivity contribution >= 4 is 11.6 Å². The first kappa shape index (κ1) is 14.6. The third-order valence-electron chi connectivity index (χ3n) is 2.10. The Balaban J connectivity index is 3.62. The van der Waals surface area contributed by atoms with Crippen molar-refractivity contribution in [2.75, 3.05) is 0 Å². The van der Waals surface area contributed by atoms with Gasteiger partial charge in [-0.25, -0.2) is 0 Å². The highest BCUT2D eigenvalue weighted by Gasteiger charge is 2.39. The van der Waals surface area contributed by atoms with Gasteiger partial charge in [-0.3, -0.25) is 0 Å². The zero-order valence-corrected chi connectivity index (χ0v) is 9.21. The molecule has 98 valence electrons. The molecule has 0 aliphatic carbocycles. The van der Waals surface area contributed by atoms with E-state index in [4.69, 9.17) is 16.9 Å². The molecule has 0 fully saturated rings. The maximum absolute atomic E-state index is 12.6. The topological polar surface area (TPSA) is 23.8 Å². The Kier molecular flexibility index (Phi) is 3.81. The van der Waals surface area contributed by atoms with Crippen molar-refractivity contribution in [2.24, 2.45) is 0 Å². The maximum Gasteiger partial charge on any atom is 0.417 e. The summed E-state index contributed by atoms with van der Waals surface area (Å²) < 4.78 is 75.1. The number of hydrogen-bond donors (Lipinski definition) is 0. The van der Waals surface area contributed by atoms with Gasteiger partial charge in [0.05, 0.1) is 22.8 Å². The van der Waals surface area contributed by atoms with E-state index in [0.29, 0.717) is 6.07 Å². The highest BCUT2D eigenvalue weighted by molar-refractivity contribution is 6.17. The average Bonchev–Trinajstić information content (AvgIpc) is 2.24. The van der Waals surface area contributed by atoms with Crippen molar-refractivity contribution in [1.82, 2.24) is 0 Å². The fourth-order valence-corrected chi connectivity index (χ4v) is 1.60. The molecule has 0 heterocycles. The van der Waals surface area contributed by atoms with Crippen LogP contribution in [0.4, 0.5) is 26.3 Å². The number of nitriles is 1. The lowest BCUT2D eigenvalue weighted by molar-refractivity contribution is -0.141. The first-order valence-electron chi connectivity index (χ1n) is 4.38. The number of benzene rings is 1. The minimum absolute atomic E-state index is 0.166. The molecule has 18 heavy (non-hydrogen) atoms. The summed E-state index contributed by atoms with van der Waals surface area (Å²) in [6.07, 6.45) is -9.77. The fraction of sp³-hybridized carbons (Fsp3) is 0.300. The molecule has 1 aromatic rings. The summed E-state index contributed by atoms with van der Waals surface area (Å²) in [5, 5.41) is 8.53. The Morgan fingerprint density at radius 3 is 1.94 bits per heavy atom. The Morgan fingerprint density at radius 1 is 1.06 bits per heavy atom. The predicted octanol–water partition coefficient (Wildman–Crippen LogP) is 4.33. The van der Waals surface area contributed by atoms with Crippen LogP contribution in [0.2, 0.25) is 0 Å². The molecule has 0 bridgehead atoms. The van der Waals surface area contributed by atoms with E-state index in [0.717, 1.165) is 6.07 Å². The lowest BCUT2D eigenvalue weighted by atomic mass is 9.98. The van der Waals surface area contributed by atoms with Crippen LogP contribution in [-0.4, -0.2) is 0 Å². The molecule has 1 aromatic carbocycles. The first-order chi connectivity index (χ1) is 8.11. The summed E-state index contributed by atoms with van der Waals surface area (Å²) in [4.78, 5) is 0. The minimum Gasteiger partial charge on any atom is -0.192 e. The molecule has 0 atom stereocenters. The second kappa shape index (κ2) is 4.69. The summed E-state index contributed by atoms with van der Waals surface area (Å²) in [5.74, 6) is -0.770. The van der Waals surface area contributed by atoms with Gasteiger partial charge in [-0.2, -0.15) is 31.6 Å². The molecular formula is C10H4ClF6N. The monoisotopic (exact) mass is 287 g/mol. The second-order valence-electron chi connectivity index (χ2n) is 3.30. The molecule has 0 saturated carbocycles. The molecule has 0 radical (unpaired) electrons. The zero-order valence-electron chi connectivity index (χ0n) is 8.45. The van der Waals surface area contributed by atoms with Gasteiger partial charge in [-0.1, -0.05) is 0 Å². The molecule has 1 nitrogen and oxygen atoms in total. The summed E-state index contributed by atoms with van der Waals surface area (Å²) in [5.41, 5.74) is -4.61. The molecule has 0 amide bonds. The summed E-state index contributed by atoms with van der Waals surface area (Å²) in [6.45, 7) is 0. The van der Waals surface area contributed by atoms with E-state index in [9.17, 15) is 26.3 Å². The van der Waals surface area contributed by atoms with Crippen LogP contribution in [0, 0.1) is 11.3 Å². The number of halogens is 7. The van der Waals surface area contributed by atoms with Crippen molar-refractivity contribution in [3.05, 3.63) is 34.4 Å². The zero-order chi connectivity index (χ0) is 14.1. The smallest absolute Gasteiger partial charge is 0.192 e. The van der Waals surface area contributed by atoms with E-state index in [2.05, 4.69) is 0 Å². The lowest BCUT2D eigenvalue weighted by Gasteiger charge is -2.16. The molecule has 1 rings (SSSR count). The Hall–Kier alpha value is -1.42. The van der Waals surface area contributed by atoms with Gasteiger partial charge < -0.3 is 0 Å². The highest BCUT2D eigenvalue weighted by atomic mass is 35.5. The largest absolute Gasteiger partial charge is 0.417 e. The van der Waals surface area contributed by atoms with Crippen LogP contribution in [0.5, 0.6) is 0 Å². The van der Waals surface area contributed by atoms with Crippen LogP contribution in [0.15, 0.2) is 12.1 Å². The second-order valence-corrected chi connectivity index (χ2v) is 3.57. The van der Waals surface area contributed by atoms with E-state index in [1.165, 1.54) is 0 Å². The Labute approximate surface area is 103 Å². The van der Waals surface area contributed by atoms with Gasteiger partial charge in [-0.05, 0) is 17.7 Å². The fourth-order valence-electron chi connectivity index (χ4n) is 1.39. The standard InChI is InChI=1S/C10H4ClF6N/c11-3-5-1-7(9(12,13)14)2-6(4-18)8(5)10(15,16)17/h1-2H,3H2. The summed E-state index contributed by atoms with van der Waals surface area (Å²) in [7, 11) is 0. The molecule has 0 aliphatic rings. The van der Waals surface area contributed by atoms with E-state index >= 15 is 0 Å². The van der Waals surface area contributed by atoms with Crippen LogP contribution in [0.3, 0.4) is 0 Å². The van der Waals surface area contributed by atoms with Crippen molar-refractivity contribution in [3.8, 4) is 6.07 Å². The molecular weight excluding hydrogens is 284 g/mol. The summed E-state index contributed by atoms with van der Waals surface area (Å²) in [6, 6.07) is 1.58. The minimum atomic E-state index is -4.93. The molecule has 0 aliphatic heterocycles. The molecule has 0 aromatic heterocycles. The molecule has 0 unspecified atom stereocenters. The summed E-state index contributed by atoms with van der Waals surface area (Å²) >= 11 is 5.21. The van der Waals surface area contributed by atoms with E-state index in [-0.39, 0.29) is 6.07 Å². The van der Waals surface area contributed by atoms with Crippen molar-refractivity contribution in [1.29, 1.82) is 5.26 Å². The average molecular weight is 288 g/mol. The van der Waals surface area contributed by atoms with Crippen LogP contribution >= 0.6 is 11.6 Å². The molecule has 0 spiro atoms. The molecule has 0 saturated heterocycles. The number of alkyl halides is 7. The van der Waals surface area contributed by atoms with Crippen LogP contribution in [0.1, 0.15) is 22.3 Å². The van der Waals surface area contributed by atoms with Crippen LogP contribution in [0.25, 0.3) is 0 Å².